The monoisotopic (exact) mass is 450 g/mol. The molecule has 2 aromatic carbocycles. The van der Waals surface area contributed by atoms with Gasteiger partial charge in [-0.2, -0.15) is 18.3 Å². The minimum Gasteiger partial charge on any atom is -0.455 e. The number of furan rings is 1. The Balaban J connectivity index is 1.69. The SMILES string of the molecule is Cc1ccc(-c2ccc(/C=N\NC(=O)c3cccc(C(F)(F)F)c3)o2)c(Br)c1. The number of halogens is 4. The maximum absolute atomic E-state index is 12.7. The minimum atomic E-state index is -4.52. The van der Waals surface area contributed by atoms with Gasteiger partial charge in [0, 0.05) is 15.6 Å². The Morgan fingerprint density at radius 1 is 1.14 bits per heavy atom. The van der Waals surface area contributed by atoms with Gasteiger partial charge < -0.3 is 4.42 Å². The molecule has 1 heterocycles. The molecule has 0 spiro atoms. The summed E-state index contributed by atoms with van der Waals surface area (Å²) in [6.07, 6.45) is -3.24. The Kier molecular flexibility index (Phi) is 5.69. The first kappa shape index (κ1) is 19.9. The molecule has 0 radical (unpaired) electrons. The molecule has 0 atom stereocenters. The highest BCUT2D eigenvalue weighted by atomic mass is 79.9. The predicted octanol–water partition coefficient (Wildman–Crippen LogP) is 5.80. The highest BCUT2D eigenvalue weighted by Gasteiger charge is 2.30. The van der Waals surface area contributed by atoms with Crippen molar-refractivity contribution in [1.82, 2.24) is 5.43 Å². The zero-order chi connectivity index (χ0) is 20.3. The summed E-state index contributed by atoms with van der Waals surface area (Å²) in [7, 11) is 0. The Labute approximate surface area is 167 Å². The van der Waals surface area contributed by atoms with E-state index in [1.807, 2.05) is 25.1 Å². The lowest BCUT2D eigenvalue weighted by atomic mass is 10.1. The Bertz CT molecular complexity index is 1040. The average Bonchev–Trinajstić information content (AvgIpc) is 3.09. The topological polar surface area (TPSA) is 54.6 Å². The Hall–Kier alpha value is -2.87. The lowest BCUT2D eigenvalue weighted by Crippen LogP contribution is -2.18. The van der Waals surface area contributed by atoms with Crippen LogP contribution in [-0.2, 0) is 6.18 Å². The molecule has 3 aromatic rings. The highest BCUT2D eigenvalue weighted by Crippen LogP contribution is 2.30. The molecule has 8 heteroatoms. The molecular formula is C20H14BrF3N2O2. The van der Waals surface area contributed by atoms with Gasteiger partial charge in [0.05, 0.1) is 11.8 Å². The van der Waals surface area contributed by atoms with Crippen LogP contribution in [0.1, 0.15) is 27.2 Å². The second kappa shape index (κ2) is 8.02. The largest absolute Gasteiger partial charge is 0.455 e. The van der Waals surface area contributed by atoms with E-state index < -0.39 is 17.6 Å². The van der Waals surface area contributed by atoms with E-state index in [0.717, 1.165) is 27.7 Å². The number of nitrogens with zero attached hydrogens (tertiary/aromatic N) is 1. The van der Waals surface area contributed by atoms with Gasteiger partial charge in [-0.05, 0) is 55.0 Å². The van der Waals surface area contributed by atoms with Gasteiger partial charge in [-0.3, -0.25) is 4.79 Å². The van der Waals surface area contributed by atoms with E-state index in [4.69, 9.17) is 4.42 Å². The summed E-state index contributed by atoms with van der Waals surface area (Å²) in [5.74, 6) is 0.236. The Morgan fingerprint density at radius 3 is 2.64 bits per heavy atom. The fourth-order valence-electron chi connectivity index (χ4n) is 2.44. The summed E-state index contributed by atoms with van der Waals surface area (Å²) in [6.45, 7) is 1.97. The molecule has 3 rings (SSSR count). The molecule has 1 amide bonds. The first-order valence-electron chi connectivity index (χ1n) is 8.11. The maximum atomic E-state index is 12.7. The summed E-state index contributed by atoms with van der Waals surface area (Å²) < 4.78 is 44.7. The van der Waals surface area contributed by atoms with Crippen LogP contribution in [0.25, 0.3) is 11.3 Å². The second-order valence-electron chi connectivity index (χ2n) is 5.96. The zero-order valence-corrected chi connectivity index (χ0v) is 16.1. The Morgan fingerprint density at radius 2 is 1.93 bits per heavy atom. The first-order chi connectivity index (χ1) is 13.2. The van der Waals surface area contributed by atoms with Crippen molar-refractivity contribution in [1.29, 1.82) is 0 Å². The van der Waals surface area contributed by atoms with Crippen molar-refractivity contribution in [3.8, 4) is 11.3 Å². The third kappa shape index (κ3) is 4.69. The van der Waals surface area contributed by atoms with Crippen LogP contribution in [0.3, 0.4) is 0 Å². The molecule has 0 fully saturated rings. The van der Waals surface area contributed by atoms with Crippen LogP contribution in [-0.4, -0.2) is 12.1 Å². The van der Waals surface area contributed by atoms with Crippen LogP contribution in [0, 0.1) is 6.92 Å². The second-order valence-corrected chi connectivity index (χ2v) is 6.82. The van der Waals surface area contributed by atoms with Crippen molar-refractivity contribution in [2.24, 2.45) is 5.10 Å². The van der Waals surface area contributed by atoms with Crippen molar-refractivity contribution >= 4 is 28.1 Å². The molecule has 28 heavy (non-hydrogen) atoms. The van der Waals surface area contributed by atoms with Gasteiger partial charge in [-0.15, -0.1) is 0 Å². The number of rotatable bonds is 4. The number of benzene rings is 2. The lowest BCUT2D eigenvalue weighted by Gasteiger charge is -2.07. The lowest BCUT2D eigenvalue weighted by molar-refractivity contribution is -0.137. The molecule has 1 aromatic heterocycles. The summed E-state index contributed by atoms with van der Waals surface area (Å²) in [5.41, 5.74) is 3.10. The number of amides is 1. The van der Waals surface area contributed by atoms with E-state index in [9.17, 15) is 18.0 Å². The molecule has 0 aliphatic rings. The number of nitrogens with one attached hydrogen (secondary N) is 1. The third-order valence-electron chi connectivity index (χ3n) is 3.83. The van der Waals surface area contributed by atoms with Gasteiger partial charge in [-0.25, -0.2) is 5.43 Å². The third-order valence-corrected chi connectivity index (χ3v) is 4.48. The number of hydrogen-bond donors (Lipinski definition) is 1. The minimum absolute atomic E-state index is 0.143. The van der Waals surface area contributed by atoms with E-state index in [1.165, 1.54) is 18.3 Å². The molecule has 144 valence electrons. The molecule has 0 aliphatic heterocycles. The molecule has 0 bridgehead atoms. The number of hydrazone groups is 1. The molecule has 0 saturated heterocycles. The number of alkyl halides is 3. The van der Waals surface area contributed by atoms with Gasteiger partial charge in [0.15, 0.2) is 0 Å². The fraction of sp³-hybridized carbons (Fsp3) is 0.100. The van der Waals surface area contributed by atoms with Crippen molar-refractivity contribution in [2.75, 3.05) is 0 Å². The van der Waals surface area contributed by atoms with Crippen LogP contribution in [0.2, 0.25) is 0 Å². The van der Waals surface area contributed by atoms with Crippen LogP contribution < -0.4 is 5.43 Å². The normalized spacial score (nSPS) is 11.8. The van der Waals surface area contributed by atoms with Crippen molar-refractivity contribution in [2.45, 2.75) is 13.1 Å². The smallest absolute Gasteiger partial charge is 0.416 e. The van der Waals surface area contributed by atoms with Crippen molar-refractivity contribution in [3.63, 3.8) is 0 Å². The van der Waals surface area contributed by atoms with E-state index >= 15 is 0 Å². The number of carbonyl (C=O) groups is 1. The van der Waals surface area contributed by atoms with Gasteiger partial charge in [0.2, 0.25) is 0 Å². The molecule has 1 N–H and O–H groups in total. The molecule has 0 saturated carbocycles. The molecule has 0 unspecified atom stereocenters. The van der Waals surface area contributed by atoms with Crippen molar-refractivity contribution in [3.05, 3.63) is 81.5 Å². The quantitative estimate of drug-likeness (QED) is 0.403. The van der Waals surface area contributed by atoms with Crippen LogP contribution in [0.4, 0.5) is 13.2 Å². The molecular weight excluding hydrogens is 437 g/mol. The van der Waals surface area contributed by atoms with Crippen LogP contribution >= 0.6 is 15.9 Å². The van der Waals surface area contributed by atoms with E-state index in [2.05, 4.69) is 26.5 Å². The standard InChI is InChI=1S/C20H14BrF3N2O2/c1-12-5-7-16(17(21)9-12)18-8-6-15(28-18)11-25-26-19(27)13-3-2-4-14(10-13)20(22,23)24/h2-11H,1H3,(H,26,27)/b25-11-. The summed E-state index contributed by atoms with van der Waals surface area (Å²) in [4.78, 5) is 12.0. The maximum Gasteiger partial charge on any atom is 0.416 e. The predicted molar refractivity (Wildman–Crippen MR) is 103 cm³/mol. The van der Waals surface area contributed by atoms with Crippen LogP contribution in [0.15, 0.2) is 68.6 Å². The van der Waals surface area contributed by atoms with Crippen LogP contribution in [0.5, 0.6) is 0 Å². The zero-order valence-electron chi connectivity index (χ0n) is 14.5. The fourth-order valence-corrected chi connectivity index (χ4v) is 3.13. The average molecular weight is 451 g/mol. The van der Waals surface area contributed by atoms with Gasteiger partial charge >= 0.3 is 6.18 Å². The van der Waals surface area contributed by atoms with E-state index in [0.29, 0.717) is 11.5 Å². The summed E-state index contributed by atoms with van der Waals surface area (Å²) in [6, 6.07) is 13.4. The first-order valence-corrected chi connectivity index (χ1v) is 8.90. The summed E-state index contributed by atoms with van der Waals surface area (Å²) >= 11 is 3.48. The molecule has 4 nitrogen and oxygen atoms in total. The van der Waals surface area contributed by atoms with Gasteiger partial charge in [-0.1, -0.05) is 28.1 Å². The molecule has 0 aliphatic carbocycles. The number of aryl methyl sites for hydroxylation is 1. The van der Waals surface area contributed by atoms with Crippen molar-refractivity contribution < 1.29 is 22.4 Å². The van der Waals surface area contributed by atoms with Gasteiger partial charge in [0.1, 0.15) is 11.5 Å². The number of carbonyl (C=O) groups excluding carboxylic acids is 1. The van der Waals surface area contributed by atoms with E-state index in [-0.39, 0.29) is 5.56 Å². The van der Waals surface area contributed by atoms with Gasteiger partial charge in [0.25, 0.3) is 5.91 Å². The summed E-state index contributed by atoms with van der Waals surface area (Å²) in [5, 5.41) is 3.74. The number of hydrogen-bond acceptors (Lipinski definition) is 3. The highest BCUT2D eigenvalue weighted by molar-refractivity contribution is 9.10. The van der Waals surface area contributed by atoms with E-state index in [1.54, 1.807) is 12.1 Å².